The standard InChI is InChI=1S/C16H20N4O3/c1-20(2)12-7-5-11(6-8-12)14-18-16(23-19-14)15(21)17-10-13-4-3-9-22-13/h5-8,13H,3-4,9-10H2,1-2H3,(H,17,21)/t13-/m1/s1. The Kier molecular flexibility index (Phi) is 4.57. The minimum atomic E-state index is -0.371. The molecule has 1 aromatic heterocycles. The van der Waals surface area contributed by atoms with E-state index in [0.29, 0.717) is 12.4 Å². The van der Waals surface area contributed by atoms with Crippen LogP contribution >= 0.6 is 0 Å². The van der Waals surface area contributed by atoms with Gasteiger partial charge in [-0.15, -0.1) is 0 Å². The lowest BCUT2D eigenvalue weighted by Gasteiger charge is -2.11. The summed E-state index contributed by atoms with van der Waals surface area (Å²) in [4.78, 5) is 18.2. The zero-order chi connectivity index (χ0) is 16.2. The smallest absolute Gasteiger partial charge is 0.316 e. The molecule has 1 atom stereocenters. The van der Waals surface area contributed by atoms with E-state index < -0.39 is 0 Å². The number of anilines is 1. The van der Waals surface area contributed by atoms with Gasteiger partial charge in [0.25, 0.3) is 0 Å². The fourth-order valence-electron chi connectivity index (χ4n) is 2.43. The molecule has 0 bridgehead atoms. The third-order valence-corrected chi connectivity index (χ3v) is 3.78. The third kappa shape index (κ3) is 3.68. The molecule has 1 aliphatic heterocycles. The molecule has 122 valence electrons. The summed E-state index contributed by atoms with van der Waals surface area (Å²) in [7, 11) is 3.94. The van der Waals surface area contributed by atoms with Crippen LogP contribution in [0.3, 0.4) is 0 Å². The van der Waals surface area contributed by atoms with Gasteiger partial charge in [-0.3, -0.25) is 4.79 Å². The van der Waals surface area contributed by atoms with Crippen molar-refractivity contribution in [1.82, 2.24) is 15.5 Å². The van der Waals surface area contributed by atoms with Gasteiger partial charge in [-0.2, -0.15) is 4.98 Å². The maximum atomic E-state index is 12.0. The number of carbonyl (C=O) groups is 1. The molecule has 1 amide bonds. The molecule has 1 aliphatic rings. The fraction of sp³-hybridized carbons (Fsp3) is 0.438. The first-order valence-corrected chi connectivity index (χ1v) is 7.65. The van der Waals surface area contributed by atoms with Crippen molar-refractivity contribution in [2.24, 2.45) is 0 Å². The van der Waals surface area contributed by atoms with Crippen LogP contribution in [-0.2, 0) is 4.74 Å². The van der Waals surface area contributed by atoms with E-state index in [1.807, 2.05) is 43.3 Å². The zero-order valence-electron chi connectivity index (χ0n) is 13.3. The molecule has 3 rings (SSSR count). The van der Waals surface area contributed by atoms with Crippen molar-refractivity contribution in [3.8, 4) is 11.4 Å². The van der Waals surface area contributed by atoms with Crippen LogP contribution in [0.25, 0.3) is 11.4 Å². The van der Waals surface area contributed by atoms with Crippen molar-refractivity contribution < 1.29 is 14.1 Å². The summed E-state index contributed by atoms with van der Waals surface area (Å²) in [5, 5.41) is 6.63. The van der Waals surface area contributed by atoms with Crippen molar-refractivity contribution in [2.45, 2.75) is 18.9 Å². The molecule has 1 fully saturated rings. The largest absolute Gasteiger partial charge is 0.378 e. The van der Waals surface area contributed by atoms with Crippen LogP contribution in [0.5, 0.6) is 0 Å². The van der Waals surface area contributed by atoms with Crippen LogP contribution in [0, 0.1) is 0 Å². The Bertz CT molecular complexity index is 660. The van der Waals surface area contributed by atoms with Crippen molar-refractivity contribution >= 4 is 11.6 Å². The molecule has 2 heterocycles. The van der Waals surface area contributed by atoms with Gasteiger partial charge in [0.2, 0.25) is 5.82 Å². The van der Waals surface area contributed by atoms with Gasteiger partial charge < -0.3 is 19.5 Å². The number of aromatic nitrogens is 2. The Balaban J connectivity index is 1.63. The van der Waals surface area contributed by atoms with Gasteiger partial charge in [-0.1, -0.05) is 5.16 Å². The SMILES string of the molecule is CN(C)c1ccc(-c2noc(C(=O)NC[C@H]3CCCO3)n2)cc1. The second kappa shape index (κ2) is 6.78. The third-order valence-electron chi connectivity index (χ3n) is 3.78. The molecule has 23 heavy (non-hydrogen) atoms. The zero-order valence-corrected chi connectivity index (χ0v) is 13.3. The van der Waals surface area contributed by atoms with Crippen molar-refractivity contribution in [1.29, 1.82) is 0 Å². The quantitative estimate of drug-likeness (QED) is 0.904. The molecule has 7 heteroatoms. The highest BCUT2D eigenvalue weighted by Crippen LogP contribution is 2.20. The minimum Gasteiger partial charge on any atom is -0.378 e. The number of nitrogens with zero attached hydrogens (tertiary/aromatic N) is 3. The summed E-state index contributed by atoms with van der Waals surface area (Å²) in [6.07, 6.45) is 2.09. The predicted molar refractivity (Wildman–Crippen MR) is 85.4 cm³/mol. The fourth-order valence-corrected chi connectivity index (χ4v) is 2.43. The maximum Gasteiger partial charge on any atom is 0.316 e. The summed E-state index contributed by atoms with van der Waals surface area (Å²) in [6.45, 7) is 1.22. The van der Waals surface area contributed by atoms with E-state index in [4.69, 9.17) is 9.26 Å². The molecule has 1 aromatic carbocycles. The maximum absolute atomic E-state index is 12.0. The Labute approximate surface area is 134 Å². The number of benzene rings is 1. The van der Waals surface area contributed by atoms with Crippen molar-refractivity contribution in [3.63, 3.8) is 0 Å². The van der Waals surface area contributed by atoms with Gasteiger partial charge in [-0.05, 0) is 37.1 Å². The second-order valence-electron chi connectivity index (χ2n) is 5.71. The first-order chi connectivity index (χ1) is 11.1. The average Bonchev–Trinajstić information content (AvgIpc) is 3.24. The summed E-state index contributed by atoms with van der Waals surface area (Å²) in [5.74, 6) is -0.00332. The lowest BCUT2D eigenvalue weighted by molar-refractivity contribution is 0.0822. The molecular weight excluding hydrogens is 296 g/mol. The van der Waals surface area contributed by atoms with Crippen LogP contribution in [0.2, 0.25) is 0 Å². The van der Waals surface area contributed by atoms with E-state index in [1.165, 1.54) is 0 Å². The molecule has 1 saturated heterocycles. The Morgan fingerprint density at radius 3 is 2.78 bits per heavy atom. The normalized spacial score (nSPS) is 17.2. The number of carbonyl (C=O) groups excluding carboxylic acids is 1. The lowest BCUT2D eigenvalue weighted by Crippen LogP contribution is -2.31. The monoisotopic (exact) mass is 316 g/mol. The van der Waals surface area contributed by atoms with E-state index in [2.05, 4.69) is 15.5 Å². The molecule has 0 spiro atoms. The van der Waals surface area contributed by atoms with Crippen molar-refractivity contribution in [3.05, 3.63) is 30.2 Å². The molecule has 0 unspecified atom stereocenters. The Morgan fingerprint density at radius 1 is 1.35 bits per heavy atom. The average molecular weight is 316 g/mol. The van der Waals surface area contributed by atoms with Gasteiger partial charge in [-0.25, -0.2) is 0 Å². The number of rotatable bonds is 5. The molecule has 0 radical (unpaired) electrons. The van der Waals surface area contributed by atoms with E-state index >= 15 is 0 Å². The molecule has 0 aliphatic carbocycles. The number of amides is 1. The first-order valence-electron chi connectivity index (χ1n) is 7.65. The highest BCUT2D eigenvalue weighted by atomic mass is 16.5. The van der Waals surface area contributed by atoms with Gasteiger partial charge >= 0.3 is 11.8 Å². The number of nitrogens with one attached hydrogen (secondary N) is 1. The van der Waals surface area contributed by atoms with Crippen LogP contribution in [-0.4, -0.2) is 49.4 Å². The number of ether oxygens (including phenoxy) is 1. The topological polar surface area (TPSA) is 80.5 Å². The Morgan fingerprint density at radius 2 is 2.13 bits per heavy atom. The number of hydrogen-bond acceptors (Lipinski definition) is 6. The molecular formula is C16H20N4O3. The molecule has 1 N–H and O–H groups in total. The summed E-state index contributed by atoms with van der Waals surface area (Å²) >= 11 is 0. The van der Waals surface area contributed by atoms with Gasteiger partial charge in [0.15, 0.2) is 0 Å². The minimum absolute atomic E-state index is 0.0327. The molecule has 0 saturated carbocycles. The summed E-state index contributed by atoms with van der Waals surface area (Å²) in [6, 6.07) is 7.72. The number of hydrogen-bond donors (Lipinski definition) is 1. The first kappa shape index (κ1) is 15.5. The second-order valence-corrected chi connectivity index (χ2v) is 5.71. The summed E-state index contributed by atoms with van der Waals surface area (Å²) in [5.41, 5.74) is 1.88. The van der Waals surface area contributed by atoms with E-state index in [9.17, 15) is 4.79 Å². The van der Waals surface area contributed by atoms with E-state index in [-0.39, 0.29) is 17.9 Å². The molecule has 2 aromatic rings. The predicted octanol–water partition coefficient (Wildman–Crippen LogP) is 1.71. The highest BCUT2D eigenvalue weighted by molar-refractivity contribution is 5.89. The van der Waals surface area contributed by atoms with Crippen molar-refractivity contribution in [2.75, 3.05) is 32.1 Å². The van der Waals surface area contributed by atoms with Gasteiger partial charge in [0.1, 0.15) is 0 Å². The Hall–Kier alpha value is -2.41. The molecule has 7 nitrogen and oxygen atoms in total. The van der Waals surface area contributed by atoms with E-state index in [1.54, 1.807) is 0 Å². The van der Waals surface area contributed by atoms with Gasteiger partial charge in [0.05, 0.1) is 6.10 Å². The lowest BCUT2D eigenvalue weighted by atomic mass is 10.2. The van der Waals surface area contributed by atoms with Crippen LogP contribution in [0.15, 0.2) is 28.8 Å². The van der Waals surface area contributed by atoms with E-state index in [0.717, 1.165) is 30.7 Å². The van der Waals surface area contributed by atoms with Crippen LogP contribution in [0.1, 0.15) is 23.5 Å². The van der Waals surface area contributed by atoms with Crippen LogP contribution in [0.4, 0.5) is 5.69 Å². The van der Waals surface area contributed by atoms with Gasteiger partial charge in [0, 0.05) is 38.5 Å². The van der Waals surface area contributed by atoms with Crippen LogP contribution < -0.4 is 10.2 Å². The summed E-state index contributed by atoms with van der Waals surface area (Å²) < 4.78 is 10.5. The highest BCUT2D eigenvalue weighted by Gasteiger charge is 2.20.